The van der Waals surface area contributed by atoms with Gasteiger partial charge in [-0.2, -0.15) is 5.10 Å². The standard InChI is InChI=1S/C26H24F2N6O2/c1-36-22-15-29-26(30-16-22)33-12-10-32(11-13-33)25(35)17-34-24(19-4-8-21(28)9-5-19)14-23(31-34)18-2-6-20(27)7-3-18/h2-9,14-16H,10-13,17H2,1H3. The summed E-state index contributed by atoms with van der Waals surface area (Å²) in [5, 5.41) is 4.63. The van der Waals surface area contributed by atoms with Gasteiger partial charge in [-0.3, -0.25) is 9.48 Å². The summed E-state index contributed by atoms with van der Waals surface area (Å²) in [7, 11) is 1.56. The molecule has 0 radical (unpaired) electrons. The first kappa shape index (κ1) is 23.4. The second-order valence-corrected chi connectivity index (χ2v) is 8.38. The zero-order valence-corrected chi connectivity index (χ0v) is 19.6. The molecule has 2 aromatic carbocycles. The predicted molar refractivity (Wildman–Crippen MR) is 130 cm³/mol. The van der Waals surface area contributed by atoms with Crippen molar-refractivity contribution in [2.75, 3.05) is 38.2 Å². The molecule has 36 heavy (non-hydrogen) atoms. The minimum Gasteiger partial charge on any atom is -0.494 e. The quantitative estimate of drug-likeness (QED) is 0.411. The minimum atomic E-state index is -0.349. The SMILES string of the molecule is COc1cnc(N2CCN(C(=O)Cn3nc(-c4ccc(F)cc4)cc3-c3ccc(F)cc3)CC2)nc1. The molecule has 1 aliphatic heterocycles. The number of benzene rings is 2. The Morgan fingerprint density at radius 3 is 2.06 bits per heavy atom. The van der Waals surface area contributed by atoms with Gasteiger partial charge >= 0.3 is 0 Å². The summed E-state index contributed by atoms with van der Waals surface area (Å²) in [5.74, 6) is 0.411. The van der Waals surface area contributed by atoms with E-state index in [9.17, 15) is 13.6 Å². The average molecular weight is 491 g/mol. The second kappa shape index (κ2) is 10.1. The molecule has 2 aromatic heterocycles. The Hall–Kier alpha value is -4.34. The topological polar surface area (TPSA) is 76.4 Å². The van der Waals surface area contributed by atoms with Gasteiger partial charge in [0.05, 0.1) is 30.9 Å². The fourth-order valence-corrected chi connectivity index (χ4v) is 4.11. The molecule has 4 aromatic rings. The molecular formula is C26H24F2N6O2. The molecule has 0 aliphatic carbocycles. The van der Waals surface area contributed by atoms with Gasteiger partial charge in [0, 0.05) is 37.3 Å². The molecule has 0 N–H and O–H groups in total. The Balaban J connectivity index is 1.33. The van der Waals surface area contributed by atoms with Crippen molar-refractivity contribution in [1.82, 2.24) is 24.6 Å². The maximum Gasteiger partial charge on any atom is 0.244 e. The van der Waals surface area contributed by atoms with Gasteiger partial charge in [0.1, 0.15) is 18.2 Å². The molecule has 0 saturated carbocycles. The molecule has 1 aliphatic rings. The molecule has 0 unspecified atom stereocenters. The van der Waals surface area contributed by atoms with Crippen LogP contribution in [0.5, 0.6) is 5.75 Å². The highest BCUT2D eigenvalue weighted by Crippen LogP contribution is 2.27. The number of rotatable bonds is 6. The lowest BCUT2D eigenvalue weighted by Crippen LogP contribution is -2.50. The van der Waals surface area contributed by atoms with Crippen molar-refractivity contribution in [3.63, 3.8) is 0 Å². The van der Waals surface area contributed by atoms with E-state index in [-0.39, 0.29) is 24.1 Å². The van der Waals surface area contributed by atoms with Crippen molar-refractivity contribution in [2.45, 2.75) is 6.54 Å². The number of ether oxygens (including phenoxy) is 1. The molecule has 5 rings (SSSR count). The Labute approximate surface area is 206 Å². The van der Waals surface area contributed by atoms with Gasteiger partial charge in [-0.05, 0) is 54.6 Å². The van der Waals surface area contributed by atoms with E-state index in [1.807, 2.05) is 11.0 Å². The largest absolute Gasteiger partial charge is 0.494 e. The molecule has 3 heterocycles. The number of carbonyl (C=O) groups is 1. The third-order valence-electron chi connectivity index (χ3n) is 6.11. The van der Waals surface area contributed by atoms with E-state index < -0.39 is 0 Å². The lowest BCUT2D eigenvalue weighted by molar-refractivity contribution is -0.132. The van der Waals surface area contributed by atoms with Gasteiger partial charge in [-0.25, -0.2) is 18.7 Å². The van der Waals surface area contributed by atoms with E-state index in [2.05, 4.69) is 15.1 Å². The van der Waals surface area contributed by atoms with Crippen LogP contribution in [0.25, 0.3) is 22.5 Å². The molecule has 1 fully saturated rings. The van der Waals surface area contributed by atoms with E-state index in [1.54, 1.807) is 53.4 Å². The number of nitrogens with zero attached hydrogens (tertiary/aromatic N) is 6. The Bertz CT molecular complexity index is 1330. The number of hydrogen-bond acceptors (Lipinski definition) is 6. The van der Waals surface area contributed by atoms with Gasteiger partial charge < -0.3 is 14.5 Å². The normalized spacial score (nSPS) is 13.6. The van der Waals surface area contributed by atoms with E-state index in [0.29, 0.717) is 49.3 Å². The predicted octanol–water partition coefficient (Wildman–Crippen LogP) is 3.64. The molecule has 1 amide bonds. The van der Waals surface area contributed by atoms with Gasteiger partial charge in [-0.15, -0.1) is 0 Å². The van der Waals surface area contributed by atoms with Crippen LogP contribution in [0.1, 0.15) is 0 Å². The van der Waals surface area contributed by atoms with Crippen molar-refractivity contribution < 1.29 is 18.3 Å². The van der Waals surface area contributed by atoms with Crippen LogP contribution in [-0.2, 0) is 11.3 Å². The van der Waals surface area contributed by atoms with Crippen LogP contribution in [0.4, 0.5) is 14.7 Å². The minimum absolute atomic E-state index is 0.0208. The first-order valence-corrected chi connectivity index (χ1v) is 11.5. The summed E-state index contributed by atoms with van der Waals surface area (Å²) in [4.78, 5) is 25.7. The zero-order chi connectivity index (χ0) is 25.1. The average Bonchev–Trinajstić information content (AvgIpc) is 3.33. The molecule has 0 spiro atoms. The highest BCUT2D eigenvalue weighted by molar-refractivity contribution is 5.78. The Morgan fingerprint density at radius 1 is 0.889 bits per heavy atom. The van der Waals surface area contributed by atoms with Gasteiger partial charge in [0.15, 0.2) is 5.75 Å². The monoisotopic (exact) mass is 490 g/mol. The van der Waals surface area contributed by atoms with Gasteiger partial charge in [-0.1, -0.05) is 0 Å². The summed E-state index contributed by atoms with van der Waals surface area (Å²) >= 11 is 0. The number of hydrogen-bond donors (Lipinski definition) is 0. The summed E-state index contributed by atoms with van der Waals surface area (Å²) in [5.41, 5.74) is 2.72. The highest BCUT2D eigenvalue weighted by atomic mass is 19.1. The maximum absolute atomic E-state index is 13.5. The van der Waals surface area contributed by atoms with Crippen molar-refractivity contribution >= 4 is 11.9 Å². The van der Waals surface area contributed by atoms with Crippen molar-refractivity contribution in [3.05, 3.63) is 78.6 Å². The number of aromatic nitrogens is 4. The van der Waals surface area contributed by atoms with Crippen molar-refractivity contribution in [2.24, 2.45) is 0 Å². The number of piperazine rings is 1. The third-order valence-corrected chi connectivity index (χ3v) is 6.11. The summed E-state index contributed by atoms with van der Waals surface area (Å²) in [6.07, 6.45) is 3.24. The van der Waals surface area contributed by atoms with E-state index >= 15 is 0 Å². The van der Waals surface area contributed by atoms with Crippen LogP contribution in [0.2, 0.25) is 0 Å². The van der Waals surface area contributed by atoms with E-state index in [1.165, 1.54) is 24.3 Å². The van der Waals surface area contributed by atoms with Crippen LogP contribution in [0.15, 0.2) is 67.0 Å². The van der Waals surface area contributed by atoms with Crippen molar-refractivity contribution in [3.8, 4) is 28.3 Å². The van der Waals surface area contributed by atoms with Crippen LogP contribution in [-0.4, -0.2) is 63.8 Å². The second-order valence-electron chi connectivity index (χ2n) is 8.38. The van der Waals surface area contributed by atoms with Gasteiger partial charge in [0.25, 0.3) is 0 Å². The lowest BCUT2D eigenvalue weighted by Gasteiger charge is -2.34. The molecule has 184 valence electrons. The van der Waals surface area contributed by atoms with Crippen LogP contribution >= 0.6 is 0 Å². The van der Waals surface area contributed by atoms with Crippen LogP contribution in [0, 0.1) is 11.6 Å². The highest BCUT2D eigenvalue weighted by Gasteiger charge is 2.24. The van der Waals surface area contributed by atoms with E-state index in [4.69, 9.17) is 4.74 Å². The third kappa shape index (κ3) is 5.02. The first-order chi connectivity index (χ1) is 17.5. The van der Waals surface area contributed by atoms with E-state index in [0.717, 1.165) is 11.1 Å². The molecule has 0 atom stereocenters. The Morgan fingerprint density at radius 2 is 1.47 bits per heavy atom. The summed E-state index contributed by atoms with van der Waals surface area (Å²) < 4.78 is 33.7. The lowest BCUT2D eigenvalue weighted by atomic mass is 10.1. The number of amides is 1. The van der Waals surface area contributed by atoms with Gasteiger partial charge in [0.2, 0.25) is 11.9 Å². The molecular weight excluding hydrogens is 466 g/mol. The number of methoxy groups -OCH3 is 1. The maximum atomic E-state index is 13.5. The summed E-state index contributed by atoms with van der Waals surface area (Å²) in [6, 6.07) is 13.9. The first-order valence-electron chi connectivity index (χ1n) is 11.5. The Kier molecular flexibility index (Phi) is 6.57. The zero-order valence-electron chi connectivity index (χ0n) is 19.6. The molecule has 0 bridgehead atoms. The summed E-state index contributed by atoms with van der Waals surface area (Å²) in [6.45, 7) is 2.26. The fourth-order valence-electron chi connectivity index (χ4n) is 4.11. The molecule has 1 saturated heterocycles. The number of carbonyl (C=O) groups excluding carboxylic acids is 1. The fraction of sp³-hybridized carbons (Fsp3) is 0.231. The van der Waals surface area contributed by atoms with Crippen LogP contribution in [0.3, 0.4) is 0 Å². The van der Waals surface area contributed by atoms with Crippen LogP contribution < -0.4 is 9.64 Å². The number of halogens is 2. The smallest absolute Gasteiger partial charge is 0.244 e. The molecule has 8 nitrogen and oxygen atoms in total. The number of anilines is 1. The van der Waals surface area contributed by atoms with Crippen molar-refractivity contribution in [1.29, 1.82) is 0 Å². The molecule has 10 heteroatoms.